The molecule has 1 aliphatic carbocycles. The van der Waals surface area contributed by atoms with Gasteiger partial charge in [0.15, 0.2) is 0 Å². The lowest BCUT2D eigenvalue weighted by Gasteiger charge is -2.19. The number of aryl methyl sites for hydroxylation is 1. The van der Waals surface area contributed by atoms with E-state index in [0.717, 1.165) is 26.4 Å². The molecule has 0 bridgehead atoms. The Labute approximate surface area is 242 Å². The minimum absolute atomic E-state index is 0.0620. The number of imide groups is 1. The number of piperidine rings is 2. The lowest BCUT2D eigenvalue weighted by Crippen LogP contribution is -2.35. The average Bonchev–Trinajstić information content (AvgIpc) is 3.19. The average molecular weight is 611 g/mol. The number of pyridine rings is 2. The minimum Gasteiger partial charge on any atom is -0.506 e. The molecule has 0 radical (unpaired) electrons. The van der Waals surface area contributed by atoms with E-state index >= 15 is 0 Å². The van der Waals surface area contributed by atoms with Crippen LogP contribution in [-0.4, -0.2) is 57.0 Å². The molecule has 2 amide bonds. The number of nitrogens with one attached hydrogen (secondary N) is 1. The molecule has 6 rings (SSSR count). The third-order valence-electron chi connectivity index (χ3n) is 7.49. The Morgan fingerprint density at radius 2 is 1.76 bits per heavy atom. The van der Waals surface area contributed by atoms with Crippen molar-refractivity contribution in [2.75, 3.05) is 13.1 Å². The summed E-state index contributed by atoms with van der Waals surface area (Å²) < 4.78 is 43.4. The lowest BCUT2D eigenvalue weighted by molar-refractivity contribution is -0.234. The molecule has 5 heterocycles. The fraction of sp³-hybridized carbons (Fsp3) is 0.464. The first-order valence-corrected chi connectivity index (χ1v) is 14.1. The summed E-state index contributed by atoms with van der Waals surface area (Å²) in [5, 5.41) is 13.5. The number of aromatic hydroxyl groups is 1. The van der Waals surface area contributed by atoms with Crippen LogP contribution in [0.4, 0.5) is 17.7 Å². The molecule has 3 aromatic heterocycles. The summed E-state index contributed by atoms with van der Waals surface area (Å²) in [5.74, 6) is -3.18. The van der Waals surface area contributed by atoms with Gasteiger partial charge in [-0.25, -0.2) is 9.74 Å². The second-order valence-corrected chi connectivity index (χ2v) is 12.0. The van der Waals surface area contributed by atoms with Crippen LogP contribution in [0.3, 0.4) is 0 Å². The molecule has 42 heavy (non-hydrogen) atoms. The highest BCUT2D eigenvalue weighted by Gasteiger charge is 2.72. The van der Waals surface area contributed by atoms with Gasteiger partial charge in [0.25, 0.3) is 0 Å². The van der Waals surface area contributed by atoms with E-state index in [9.17, 15) is 32.4 Å². The van der Waals surface area contributed by atoms with Crippen LogP contribution in [0.25, 0.3) is 21.3 Å². The number of carbonyl (C=O) groups excluding carboxylic acids is 3. The van der Waals surface area contributed by atoms with Crippen molar-refractivity contribution in [3.8, 4) is 16.9 Å². The molecular formula is C28H30F4N4O5S. The molecule has 0 aromatic carbocycles. The van der Waals surface area contributed by atoms with E-state index in [1.807, 2.05) is 43.9 Å². The number of aromatic nitrogens is 2. The number of rotatable bonds is 3. The zero-order chi connectivity index (χ0) is 30.8. The molecule has 2 saturated heterocycles. The Hall–Kier alpha value is -3.65. The molecule has 3 fully saturated rings. The number of hydrogen-bond donors (Lipinski definition) is 2. The van der Waals surface area contributed by atoms with Gasteiger partial charge in [0, 0.05) is 32.4 Å². The van der Waals surface area contributed by atoms with E-state index in [-0.39, 0.29) is 41.4 Å². The van der Waals surface area contributed by atoms with Crippen LogP contribution in [0.15, 0.2) is 30.6 Å². The van der Waals surface area contributed by atoms with Crippen LogP contribution in [0.5, 0.6) is 5.75 Å². The first kappa shape index (κ1) is 31.3. The molecule has 3 aromatic rings. The smallest absolute Gasteiger partial charge is 0.494 e. The SMILES string of the molecule is C1CCNCC1.Cc1cc(-c2ccnc3cc(CN4C(=O)C5C(C4=O)C5(C)C)sc23)c(O)cn1.O=C(OF)C(F)(F)F. The first-order valence-electron chi connectivity index (χ1n) is 13.3. The Kier molecular flexibility index (Phi) is 9.16. The number of halogens is 4. The largest absolute Gasteiger partial charge is 0.506 e. The first-order chi connectivity index (χ1) is 19.8. The normalized spacial score (nSPS) is 20.7. The van der Waals surface area contributed by atoms with E-state index in [0.29, 0.717) is 5.56 Å². The van der Waals surface area contributed by atoms with Crippen LogP contribution >= 0.6 is 11.3 Å². The Bertz CT molecular complexity index is 1450. The van der Waals surface area contributed by atoms with Crippen molar-refractivity contribution in [3.63, 3.8) is 0 Å². The molecule has 1 saturated carbocycles. The molecule has 0 spiro atoms. The highest BCUT2D eigenvalue weighted by atomic mass is 32.1. The van der Waals surface area contributed by atoms with Gasteiger partial charge >= 0.3 is 12.1 Å². The van der Waals surface area contributed by atoms with Gasteiger partial charge in [-0.3, -0.25) is 24.5 Å². The maximum absolute atomic E-state index is 12.6. The third-order valence-corrected chi connectivity index (χ3v) is 8.63. The van der Waals surface area contributed by atoms with Crippen molar-refractivity contribution in [2.24, 2.45) is 17.3 Å². The number of carbonyl (C=O) groups is 3. The second kappa shape index (κ2) is 12.3. The number of thiophene rings is 1. The Morgan fingerprint density at radius 1 is 1.12 bits per heavy atom. The van der Waals surface area contributed by atoms with E-state index in [1.54, 1.807) is 6.20 Å². The summed E-state index contributed by atoms with van der Waals surface area (Å²) in [6, 6.07) is 5.62. The second-order valence-electron chi connectivity index (χ2n) is 10.8. The van der Waals surface area contributed by atoms with Gasteiger partial charge in [-0.05, 0) is 56.5 Å². The van der Waals surface area contributed by atoms with Gasteiger partial charge in [-0.15, -0.1) is 11.3 Å². The summed E-state index contributed by atoms with van der Waals surface area (Å²) in [4.78, 5) is 47.0. The van der Waals surface area contributed by atoms with Gasteiger partial charge in [0.1, 0.15) is 5.75 Å². The zero-order valence-electron chi connectivity index (χ0n) is 23.1. The molecule has 9 nitrogen and oxygen atoms in total. The maximum atomic E-state index is 12.6. The van der Waals surface area contributed by atoms with Gasteiger partial charge in [0.2, 0.25) is 11.8 Å². The summed E-state index contributed by atoms with van der Waals surface area (Å²) in [7, 11) is 0. The summed E-state index contributed by atoms with van der Waals surface area (Å²) in [5.41, 5.74) is 2.97. The third kappa shape index (κ3) is 6.54. The van der Waals surface area contributed by atoms with Crippen LogP contribution in [0, 0.1) is 24.2 Å². The molecular weight excluding hydrogens is 580 g/mol. The van der Waals surface area contributed by atoms with Crippen LogP contribution in [0.1, 0.15) is 43.7 Å². The quantitative estimate of drug-likeness (QED) is 0.305. The highest BCUT2D eigenvalue weighted by Crippen LogP contribution is 2.63. The minimum atomic E-state index is -5.23. The molecule has 2 unspecified atom stereocenters. The summed E-state index contributed by atoms with van der Waals surface area (Å²) in [6.07, 6.45) is 2.13. The van der Waals surface area contributed by atoms with Gasteiger partial charge in [-0.2, -0.15) is 13.2 Å². The topological polar surface area (TPSA) is 122 Å². The molecule has 2 atom stereocenters. The predicted octanol–water partition coefficient (Wildman–Crippen LogP) is 5.25. The molecule has 14 heteroatoms. The monoisotopic (exact) mass is 610 g/mol. The van der Waals surface area contributed by atoms with E-state index in [1.165, 1.54) is 54.8 Å². The Morgan fingerprint density at radius 3 is 2.26 bits per heavy atom. The number of amides is 2. The van der Waals surface area contributed by atoms with Crippen molar-refractivity contribution >= 4 is 39.3 Å². The van der Waals surface area contributed by atoms with Gasteiger partial charge in [0.05, 0.1) is 34.8 Å². The number of fused-ring (bicyclic) bond motifs is 2. The van der Waals surface area contributed by atoms with Crippen LogP contribution in [-0.2, 0) is 25.9 Å². The number of alkyl halides is 3. The fourth-order valence-corrected chi connectivity index (χ4v) is 6.34. The zero-order valence-corrected chi connectivity index (χ0v) is 23.9. The summed E-state index contributed by atoms with van der Waals surface area (Å²) in [6.45, 7) is 8.61. The molecule has 2 aliphatic heterocycles. The number of likely N-dealkylation sites (tertiary alicyclic amines) is 1. The van der Waals surface area contributed by atoms with Crippen LogP contribution < -0.4 is 5.32 Å². The predicted molar refractivity (Wildman–Crippen MR) is 146 cm³/mol. The van der Waals surface area contributed by atoms with E-state index in [4.69, 9.17) is 4.79 Å². The molecule has 2 N–H and O–H groups in total. The van der Waals surface area contributed by atoms with Crippen molar-refractivity contribution in [2.45, 2.75) is 52.8 Å². The van der Waals surface area contributed by atoms with Crippen molar-refractivity contribution in [3.05, 3.63) is 41.2 Å². The standard InChI is InChI=1S/C21H19N3O3S.C5H11N.C2F4O2/c1-10-6-13(15(25)8-23-10)12-4-5-22-14-7-11(28-18(12)14)9-24-19(26)16-17(20(24)27)21(16,2)3;1-2-4-6-5-3-1;3-2(4,5)1(7)8-6/h4-8,16-17,25H,9H2,1-3H3;6H,1-5H2;. The number of hydrogen-bond acceptors (Lipinski definition) is 9. The fourth-order valence-electron chi connectivity index (χ4n) is 5.21. The van der Waals surface area contributed by atoms with Crippen molar-refractivity contribution in [1.29, 1.82) is 0 Å². The maximum Gasteiger partial charge on any atom is 0.494 e. The Balaban J connectivity index is 0.000000239. The van der Waals surface area contributed by atoms with Gasteiger partial charge in [-0.1, -0.05) is 20.3 Å². The van der Waals surface area contributed by atoms with Crippen LogP contribution in [0.2, 0.25) is 0 Å². The molecule has 3 aliphatic rings. The molecule has 226 valence electrons. The number of nitrogens with zero attached hydrogens (tertiary/aromatic N) is 3. The lowest BCUT2D eigenvalue weighted by atomic mass is 10.1. The van der Waals surface area contributed by atoms with E-state index < -0.39 is 12.1 Å². The highest BCUT2D eigenvalue weighted by molar-refractivity contribution is 7.19. The van der Waals surface area contributed by atoms with E-state index in [2.05, 4.69) is 15.3 Å². The summed E-state index contributed by atoms with van der Waals surface area (Å²) >= 11 is 1.50. The van der Waals surface area contributed by atoms with Gasteiger partial charge < -0.3 is 10.4 Å². The van der Waals surface area contributed by atoms with Crippen molar-refractivity contribution in [1.82, 2.24) is 20.2 Å². The van der Waals surface area contributed by atoms with Crippen molar-refractivity contribution < 1.29 is 42.1 Å².